The molecule has 2 N–H and O–H groups in total. The van der Waals surface area contributed by atoms with E-state index in [-0.39, 0.29) is 25.0 Å². The van der Waals surface area contributed by atoms with Gasteiger partial charge in [-0.3, -0.25) is 4.79 Å². The monoisotopic (exact) mass is 435 g/mol. The molecule has 32 heavy (non-hydrogen) atoms. The SMILES string of the molecule is CC1CCC(CC(CCC(=O)O)NC(=O)OCC2c3ccccc3-c3ccccc32)CC1. The van der Waals surface area contributed by atoms with Gasteiger partial charge >= 0.3 is 12.1 Å². The Balaban J connectivity index is 1.37. The van der Waals surface area contributed by atoms with Gasteiger partial charge in [-0.25, -0.2) is 4.79 Å². The minimum Gasteiger partial charge on any atom is -0.481 e. The molecule has 5 heteroatoms. The van der Waals surface area contributed by atoms with Gasteiger partial charge in [0.1, 0.15) is 6.61 Å². The quantitative estimate of drug-likeness (QED) is 0.535. The van der Waals surface area contributed by atoms with Gasteiger partial charge in [0.25, 0.3) is 0 Å². The maximum Gasteiger partial charge on any atom is 0.407 e. The first-order chi connectivity index (χ1) is 15.5. The molecule has 2 aliphatic carbocycles. The Hall–Kier alpha value is -2.82. The zero-order chi connectivity index (χ0) is 22.5. The molecule has 1 atom stereocenters. The summed E-state index contributed by atoms with van der Waals surface area (Å²) in [4.78, 5) is 23.8. The van der Waals surface area contributed by atoms with Crippen molar-refractivity contribution in [2.24, 2.45) is 11.8 Å². The molecule has 0 bridgehead atoms. The Bertz CT molecular complexity index is 903. The van der Waals surface area contributed by atoms with Crippen molar-refractivity contribution >= 4 is 12.1 Å². The standard InChI is InChI=1S/C27H33NO4/c1-18-10-12-19(13-11-18)16-20(14-15-26(29)30)28-27(31)32-17-25-23-8-4-2-6-21(23)22-7-3-5-9-24(22)25/h2-9,18-20,25H,10-17H2,1H3,(H,28,31)(H,29,30). The van der Waals surface area contributed by atoms with Crippen molar-refractivity contribution < 1.29 is 19.4 Å². The van der Waals surface area contributed by atoms with Crippen molar-refractivity contribution in [3.05, 3.63) is 59.7 Å². The van der Waals surface area contributed by atoms with Crippen LogP contribution in [-0.2, 0) is 9.53 Å². The number of fused-ring (bicyclic) bond motifs is 3. The first-order valence-electron chi connectivity index (χ1n) is 11.8. The molecule has 2 aromatic rings. The summed E-state index contributed by atoms with van der Waals surface area (Å²) in [5.74, 6) is 0.491. The second-order valence-electron chi connectivity index (χ2n) is 9.46. The van der Waals surface area contributed by atoms with Gasteiger partial charge in [0, 0.05) is 18.4 Å². The van der Waals surface area contributed by atoms with Crippen molar-refractivity contribution in [1.82, 2.24) is 5.32 Å². The van der Waals surface area contributed by atoms with Crippen LogP contribution in [0.25, 0.3) is 11.1 Å². The predicted molar refractivity (Wildman–Crippen MR) is 125 cm³/mol. The Labute approximate surface area is 190 Å². The molecule has 2 aliphatic rings. The molecule has 1 fully saturated rings. The molecular formula is C27H33NO4. The molecule has 0 aliphatic heterocycles. The van der Waals surface area contributed by atoms with Crippen LogP contribution in [0.2, 0.25) is 0 Å². The summed E-state index contributed by atoms with van der Waals surface area (Å²) in [6.45, 7) is 2.56. The number of rotatable bonds is 8. The third-order valence-electron chi connectivity index (χ3n) is 7.13. The summed E-state index contributed by atoms with van der Waals surface area (Å²) >= 11 is 0. The smallest absolute Gasteiger partial charge is 0.407 e. The number of alkyl carbamates (subject to hydrolysis) is 1. The lowest BCUT2D eigenvalue weighted by atomic mass is 9.79. The van der Waals surface area contributed by atoms with Crippen LogP contribution in [0.3, 0.4) is 0 Å². The van der Waals surface area contributed by atoms with E-state index in [1.807, 2.05) is 24.3 Å². The molecule has 1 saturated carbocycles. The zero-order valence-electron chi connectivity index (χ0n) is 18.8. The summed E-state index contributed by atoms with van der Waals surface area (Å²) in [6.07, 6.45) is 5.58. The maximum atomic E-state index is 12.7. The summed E-state index contributed by atoms with van der Waals surface area (Å²) in [5.41, 5.74) is 4.76. The van der Waals surface area contributed by atoms with Crippen LogP contribution in [0.4, 0.5) is 4.79 Å². The van der Waals surface area contributed by atoms with Crippen molar-refractivity contribution in [3.8, 4) is 11.1 Å². The normalized spacial score (nSPS) is 20.8. The largest absolute Gasteiger partial charge is 0.481 e. The highest BCUT2D eigenvalue weighted by Crippen LogP contribution is 2.44. The van der Waals surface area contributed by atoms with Crippen LogP contribution < -0.4 is 5.32 Å². The lowest BCUT2D eigenvalue weighted by molar-refractivity contribution is -0.137. The third kappa shape index (κ3) is 5.32. The topological polar surface area (TPSA) is 75.6 Å². The molecule has 4 rings (SSSR count). The Morgan fingerprint density at radius 3 is 2.19 bits per heavy atom. The molecule has 1 amide bonds. The number of nitrogens with one attached hydrogen (secondary N) is 1. The summed E-state index contributed by atoms with van der Waals surface area (Å²) < 4.78 is 5.69. The Morgan fingerprint density at radius 1 is 1.00 bits per heavy atom. The second-order valence-corrected chi connectivity index (χ2v) is 9.46. The van der Waals surface area contributed by atoms with Crippen LogP contribution in [0.5, 0.6) is 0 Å². The van der Waals surface area contributed by atoms with Gasteiger partial charge in [0.2, 0.25) is 0 Å². The number of carbonyl (C=O) groups is 2. The molecular weight excluding hydrogens is 402 g/mol. The van der Waals surface area contributed by atoms with Gasteiger partial charge in [-0.05, 0) is 46.9 Å². The molecule has 0 saturated heterocycles. The molecule has 170 valence electrons. The van der Waals surface area contributed by atoms with E-state index in [9.17, 15) is 9.59 Å². The third-order valence-corrected chi connectivity index (χ3v) is 7.13. The van der Waals surface area contributed by atoms with Crippen LogP contribution in [-0.4, -0.2) is 29.8 Å². The van der Waals surface area contributed by atoms with E-state index < -0.39 is 12.1 Å². The molecule has 0 heterocycles. The van der Waals surface area contributed by atoms with Crippen molar-refractivity contribution in [1.29, 1.82) is 0 Å². The van der Waals surface area contributed by atoms with Crippen LogP contribution in [0.1, 0.15) is 68.9 Å². The van der Waals surface area contributed by atoms with Crippen molar-refractivity contribution in [2.45, 2.75) is 63.8 Å². The fraction of sp³-hybridized carbons (Fsp3) is 0.481. The number of carboxylic acid groups (broad SMARTS) is 1. The average molecular weight is 436 g/mol. The van der Waals surface area contributed by atoms with Gasteiger partial charge in [-0.15, -0.1) is 0 Å². The highest BCUT2D eigenvalue weighted by molar-refractivity contribution is 5.79. The number of amides is 1. The zero-order valence-corrected chi connectivity index (χ0v) is 18.8. The number of benzene rings is 2. The molecule has 0 spiro atoms. The molecule has 0 aromatic heterocycles. The van der Waals surface area contributed by atoms with Crippen LogP contribution in [0, 0.1) is 11.8 Å². The number of hydrogen-bond acceptors (Lipinski definition) is 3. The number of carbonyl (C=O) groups excluding carboxylic acids is 1. The second kappa shape index (κ2) is 10.2. The number of hydrogen-bond donors (Lipinski definition) is 2. The maximum absolute atomic E-state index is 12.7. The number of carboxylic acids is 1. The first-order valence-corrected chi connectivity index (χ1v) is 11.8. The Morgan fingerprint density at radius 2 is 1.59 bits per heavy atom. The van der Waals surface area contributed by atoms with Gasteiger partial charge in [0.15, 0.2) is 0 Å². The summed E-state index contributed by atoms with van der Waals surface area (Å²) in [7, 11) is 0. The van der Waals surface area contributed by atoms with Crippen molar-refractivity contribution in [3.63, 3.8) is 0 Å². The fourth-order valence-electron chi connectivity index (χ4n) is 5.32. The highest BCUT2D eigenvalue weighted by atomic mass is 16.5. The minimum atomic E-state index is -0.832. The van der Waals surface area contributed by atoms with Crippen molar-refractivity contribution in [2.75, 3.05) is 6.61 Å². The van der Waals surface area contributed by atoms with Crippen LogP contribution in [0.15, 0.2) is 48.5 Å². The molecule has 1 unspecified atom stereocenters. The fourth-order valence-corrected chi connectivity index (χ4v) is 5.32. The van der Waals surface area contributed by atoms with Gasteiger partial charge < -0.3 is 15.2 Å². The van der Waals surface area contributed by atoms with E-state index >= 15 is 0 Å². The van der Waals surface area contributed by atoms with E-state index in [0.29, 0.717) is 12.3 Å². The summed E-state index contributed by atoms with van der Waals surface area (Å²) in [5, 5.41) is 12.1. The van der Waals surface area contributed by atoms with Gasteiger partial charge in [0.05, 0.1) is 0 Å². The van der Waals surface area contributed by atoms with E-state index in [1.54, 1.807) is 0 Å². The number of aliphatic carboxylic acids is 1. The number of ether oxygens (including phenoxy) is 1. The lowest BCUT2D eigenvalue weighted by Crippen LogP contribution is -2.38. The average Bonchev–Trinajstić information content (AvgIpc) is 3.11. The minimum absolute atomic E-state index is 0.0189. The van der Waals surface area contributed by atoms with E-state index in [4.69, 9.17) is 9.84 Å². The van der Waals surface area contributed by atoms with Gasteiger partial charge in [-0.1, -0.05) is 81.1 Å². The Kier molecular flexibility index (Phi) is 7.13. The van der Waals surface area contributed by atoms with E-state index in [1.165, 1.54) is 35.1 Å². The van der Waals surface area contributed by atoms with Crippen LogP contribution >= 0.6 is 0 Å². The molecule has 2 aromatic carbocycles. The first kappa shape index (κ1) is 22.4. The molecule has 0 radical (unpaired) electrons. The summed E-state index contributed by atoms with van der Waals surface area (Å²) in [6, 6.07) is 16.4. The molecule has 5 nitrogen and oxygen atoms in total. The predicted octanol–water partition coefficient (Wildman–Crippen LogP) is 5.97. The van der Waals surface area contributed by atoms with E-state index in [2.05, 4.69) is 36.5 Å². The van der Waals surface area contributed by atoms with Gasteiger partial charge in [-0.2, -0.15) is 0 Å². The van der Waals surface area contributed by atoms with E-state index in [0.717, 1.165) is 25.2 Å². The highest BCUT2D eigenvalue weighted by Gasteiger charge is 2.29. The lowest BCUT2D eigenvalue weighted by Gasteiger charge is -2.29.